The molecule has 5 heteroatoms. The van der Waals surface area contributed by atoms with Crippen LogP contribution in [0.2, 0.25) is 0 Å². The fraction of sp³-hybridized carbons (Fsp3) is 0.375. The predicted octanol–water partition coefficient (Wildman–Crippen LogP) is 4.69. The van der Waals surface area contributed by atoms with E-state index >= 15 is 0 Å². The molecule has 150 valence electrons. The molecule has 29 heavy (non-hydrogen) atoms. The van der Waals surface area contributed by atoms with Crippen molar-refractivity contribution in [2.24, 2.45) is 5.73 Å². The Bertz CT molecular complexity index is 962. The topological polar surface area (TPSA) is 67.9 Å². The van der Waals surface area contributed by atoms with Gasteiger partial charge in [0, 0.05) is 41.3 Å². The number of anilines is 1. The Morgan fingerprint density at radius 2 is 1.34 bits per heavy atom. The number of nitrogens with two attached hydrogens (primary N) is 1. The third-order valence-electron chi connectivity index (χ3n) is 5.77. The maximum Gasteiger partial charge on any atom is 0.226 e. The lowest BCUT2D eigenvalue weighted by Gasteiger charge is -2.54. The van der Waals surface area contributed by atoms with Crippen molar-refractivity contribution >= 4 is 5.95 Å². The zero-order valence-electron chi connectivity index (χ0n) is 17.6. The molecule has 3 aromatic rings. The molecule has 1 saturated heterocycles. The highest BCUT2D eigenvalue weighted by Gasteiger charge is 2.45. The Hall–Kier alpha value is -2.79. The monoisotopic (exact) mass is 387 g/mol. The predicted molar refractivity (Wildman–Crippen MR) is 119 cm³/mol. The van der Waals surface area contributed by atoms with Crippen LogP contribution in [-0.2, 0) is 0 Å². The highest BCUT2D eigenvalue weighted by atomic mass is 15.3. The summed E-state index contributed by atoms with van der Waals surface area (Å²) in [5.41, 5.74) is 10.5. The van der Waals surface area contributed by atoms with Gasteiger partial charge in [0.15, 0.2) is 0 Å². The first-order valence-corrected chi connectivity index (χ1v) is 10.2. The second-order valence-electron chi connectivity index (χ2n) is 9.18. The molecule has 0 amide bonds. The van der Waals surface area contributed by atoms with Crippen LogP contribution in [0.4, 0.5) is 5.95 Å². The number of aromatic nitrogens is 3. The van der Waals surface area contributed by atoms with Crippen molar-refractivity contribution in [3.8, 4) is 22.4 Å². The third-order valence-corrected chi connectivity index (χ3v) is 5.77. The van der Waals surface area contributed by atoms with Crippen LogP contribution >= 0.6 is 0 Å². The summed E-state index contributed by atoms with van der Waals surface area (Å²) in [6.45, 7) is 8.92. The van der Waals surface area contributed by atoms with Crippen molar-refractivity contribution < 1.29 is 0 Å². The summed E-state index contributed by atoms with van der Waals surface area (Å²) in [6, 6.07) is 14.7. The molecule has 1 fully saturated rings. The summed E-state index contributed by atoms with van der Waals surface area (Å²) in [5.74, 6) is 0.766. The van der Waals surface area contributed by atoms with E-state index in [4.69, 9.17) is 10.7 Å². The van der Waals surface area contributed by atoms with Gasteiger partial charge >= 0.3 is 0 Å². The second kappa shape index (κ2) is 7.23. The number of nitrogens with zero attached hydrogens (tertiary/aromatic N) is 4. The molecule has 1 aromatic carbocycles. The van der Waals surface area contributed by atoms with Crippen molar-refractivity contribution in [2.75, 3.05) is 4.90 Å². The van der Waals surface area contributed by atoms with Crippen LogP contribution in [0.1, 0.15) is 40.5 Å². The van der Waals surface area contributed by atoms with Gasteiger partial charge in [-0.2, -0.15) is 0 Å². The number of piperidine rings is 1. The summed E-state index contributed by atoms with van der Waals surface area (Å²) < 4.78 is 0. The SMILES string of the molecule is CC1(C)CC(N)CC(C)(C)N1c1nccc(-c2ccc(-c3ccncc3)cc2)n1. The number of pyridine rings is 1. The smallest absolute Gasteiger partial charge is 0.226 e. The minimum Gasteiger partial charge on any atom is -0.330 e. The molecule has 0 spiro atoms. The van der Waals surface area contributed by atoms with Crippen LogP contribution in [-0.4, -0.2) is 32.1 Å². The average Bonchev–Trinajstić information content (AvgIpc) is 2.67. The lowest BCUT2D eigenvalue weighted by Crippen LogP contribution is -2.64. The first-order valence-electron chi connectivity index (χ1n) is 10.2. The first-order chi connectivity index (χ1) is 13.8. The molecule has 0 aliphatic carbocycles. The van der Waals surface area contributed by atoms with E-state index < -0.39 is 0 Å². The Morgan fingerprint density at radius 1 is 0.793 bits per heavy atom. The summed E-state index contributed by atoms with van der Waals surface area (Å²) in [7, 11) is 0. The van der Waals surface area contributed by atoms with Crippen molar-refractivity contribution in [1.29, 1.82) is 0 Å². The Balaban J connectivity index is 1.67. The number of benzene rings is 1. The molecule has 3 heterocycles. The van der Waals surface area contributed by atoms with Crippen molar-refractivity contribution in [3.63, 3.8) is 0 Å². The van der Waals surface area contributed by atoms with Gasteiger partial charge in [0.25, 0.3) is 0 Å². The van der Waals surface area contributed by atoms with Gasteiger partial charge in [-0.25, -0.2) is 9.97 Å². The van der Waals surface area contributed by atoms with E-state index in [1.54, 1.807) is 0 Å². The van der Waals surface area contributed by atoms with Crippen LogP contribution in [0.3, 0.4) is 0 Å². The van der Waals surface area contributed by atoms with Gasteiger partial charge < -0.3 is 10.6 Å². The van der Waals surface area contributed by atoms with Gasteiger partial charge in [-0.3, -0.25) is 4.98 Å². The van der Waals surface area contributed by atoms with Gasteiger partial charge in [0.2, 0.25) is 5.95 Å². The number of hydrogen-bond donors (Lipinski definition) is 1. The van der Waals surface area contributed by atoms with E-state index in [9.17, 15) is 0 Å². The molecule has 0 saturated carbocycles. The van der Waals surface area contributed by atoms with Crippen molar-refractivity contribution in [3.05, 3.63) is 61.1 Å². The average molecular weight is 388 g/mol. The summed E-state index contributed by atoms with van der Waals surface area (Å²) >= 11 is 0. The van der Waals surface area contributed by atoms with Gasteiger partial charge in [-0.05, 0) is 69.9 Å². The minimum absolute atomic E-state index is 0.106. The van der Waals surface area contributed by atoms with Crippen LogP contribution in [0.15, 0.2) is 61.1 Å². The van der Waals surface area contributed by atoms with E-state index in [1.165, 1.54) is 0 Å². The highest BCUT2D eigenvalue weighted by Crippen LogP contribution is 2.40. The van der Waals surface area contributed by atoms with Crippen LogP contribution in [0.25, 0.3) is 22.4 Å². The summed E-state index contributed by atoms with van der Waals surface area (Å²) in [4.78, 5) is 16.0. The standard InChI is InChI=1S/C24H29N5/c1-23(2)15-20(25)16-24(3,4)29(23)22-27-14-11-21(28-22)19-7-5-17(6-8-19)18-9-12-26-13-10-18/h5-14,20H,15-16,25H2,1-4H3. The fourth-order valence-corrected chi connectivity index (χ4v) is 4.89. The van der Waals surface area contributed by atoms with E-state index in [2.05, 4.69) is 66.8 Å². The molecule has 2 aromatic heterocycles. The van der Waals surface area contributed by atoms with Crippen LogP contribution < -0.4 is 10.6 Å². The first kappa shape index (κ1) is 19.5. The van der Waals surface area contributed by atoms with Crippen LogP contribution in [0.5, 0.6) is 0 Å². The van der Waals surface area contributed by atoms with E-state index in [0.29, 0.717) is 0 Å². The lowest BCUT2D eigenvalue weighted by atomic mass is 9.77. The maximum atomic E-state index is 6.34. The lowest BCUT2D eigenvalue weighted by molar-refractivity contribution is 0.216. The Labute approximate surface area is 173 Å². The molecule has 1 aliphatic rings. The molecular weight excluding hydrogens is 358 g/mol. The molecule has 0 atom stereocenters. The van der Waals surface area contributed by atoms with Crippen LogP contribution in [0, 0.1) is 0 Å². The maximum absolute atomic E-state index is 6.34. The molecule has 0 radical (unpaired) electrons. The summed E-state index contributed by atoms with van der Waals surface area (Å²) in [5, 5.41) is 0. The fourth-order valence-electron chi connectivity index (χ4n) is 4.89. The van der Waals surface area contributed by atoms with Crippen molar-refractivity contribution in [1.82, 2.24) is 15.0 Å². The van der Waals surface area contributed by atoms with Gasteiger partial charge in [0.05, 0.1) is 5.69 Å². The third kappa shape index (κ3) is 3.87. The molecule has 5 nitrogen and oxygen atoms in total. The number of rotatable bonds is 3. The van der Waals surface area contributed by atoms with Gasteiger partial charge in [-0.15, -0.1) is 0 Å². The zero-order valence-corrected chi connectivity index (χ0v) is 17.6. The molecule has 0 unspecified atom stereocenters. The van der Waals surface area contributed by atoms with Gasteiger partial charge in [-0.1, -0.05) is 24.3 Å². The Morgan fingerprint density at radius 3 is 1.97 bits per heavy atom. The number of hydrogen-bond acceptors (Lipinski definition) is 5. The quantitative estimate of drug-likeness (QED) is 0.706. The molecule has 4 rings (SSSR count). The van der Waals surface area contributed by atoms with E-state index in [-0.39, 0.29) is 17.1 Å². The second-order valence-corrected chi connectivity index (χ2v) is 9.18. The molecule has 1 aliphatic heterocycles. The molecule has 0 bridgehead atoms. The van der Waals surface area contributed by atoms with E-state index in [0.717, 1.165) is 41.2 Å². The Kier molecular flexibility index (Phi) is 4.87. The summed E-state index contributed by atoms with van der Waals surface area (Å²) in [6.07, 6.45) is 7.33. The van der Waals surface area contributed by atoms with Crippen molar-refractivity contribution in [2.45, 2.75) is 57.7 Å². The molecule has 2 N–H and O–H groups in total. The zero-order chi connectivity index (χ0) is 20.6. The highest BCUT2D eigenvalue weighted by molar-refractivity contribution is 5.68. The normalized spacial score (nSPS) is 18.6. The largest absolute Gasteiger partial charge is 0.330 e. The van der Waals surface area contributed by atoms with Gasteiger partial charge in [0.1, 0.15) is 0 Å². The van der Waals surface area contributed by atoms with E-state index in [1.807, 2.05) is 36.8 Å². The molecular formula is C24H29N5. The minimum atomic E-state index is -0.106.